The molecule has 1 saturated heterocycles. The third kappa shape index (κ3) is 4.69. The number of nitrogens with zero attached hydrogens (tertiary/aromatic N) is 1. The van der Waals surface area contributed by atoms with E-state index in [0.717, 1.165) is 38.8 Å². The van der Waals surface area contributed by atoms with Crippen LogP contribution in [0.25, 0.3) is 0 Å². The molecule has 3 atom stereocenters. The number of ether oxygens (including phenoxy) is 2. The molecule has 0 spiro atoms. The Labute approximate surface area is 144 Å². The first-order valence-electron chi connectivity index (χ1n) is 9.51. The predicted octanol–water partition coefficient (Wildman–Crippen LogP) is 2.00. The van der Waals surface area contributed by atoms with E-state index in [1.165, 1.54) is 25.7 Å². The first-order valence-corrected chi connectivity index (χ1v) is 9.51. The van der Waals surface area contributed by atoms with Crippen molar-refractivity contribution in [3.05, 3.63) is 0 Å². The molecule has 3 rings (SSSR count). The van der Waals surface area contributed by atoms with E-state index in [0.29, 0.717) is 31.2 Å². The van der Waals surface area contributed by atoms with Crippen molar-refractivity contribution in [2.75, 3.05) is 19.9 Å². The van der Waals surface area contributed by atoms with Gasteiger partial charge in [-0.05, 0) is 50.9 Å². The van der Waals surface area contributed by atoms with Gasteiger partial charge in [-0.25, -0.2) is 4.79 Å². The van der Waals surface area contributed by atoms with Gasteiger partial charge in [-0.2, -0.15) is 0 Å². The second-order valence-electron chi connectivity index (χ2n) is 7.60. The molecule has 0 aromatic carbocycles. The molecule has 0 bridgehead atoms. The maximum atomic E-state index is 10.7. The minimum atomic E-state index is -1.22. The van der Waals surface area contributed by atoms with E-state index in [1.54, 1.807) is 0 Å². The molecular formula is C18H31NO5. The monoisotopic (exact) mass is 341 g/mol. The van der Waals surface area contributed by atoms with E-state index in [-0.39, 0.29) is 6.10 Å². The van der Waals surface area contributed by atoms with Gasteiger partial charge in [0.25, 0.3) is 0 Å². The third-order valence-electron chi connectivity index (χ3n) is 5.96. The number of aliphatic hydroxyl groups excluding tert-OH is 1. The van der Waals surface area contributed by atoms with Crippen LogP contribution < -0.4 is 0 Å². The van der Waals surface area contributed by atoms with Gasteiger partial charge >= 0.3 is 5.97 Å². The summed E-state index contributed by atoms with van der Waals surface area (Å²) in [5.74, 6) is -0.801. The summed E-state index contributed by atoms with van der Waals surface area (Å²) in [5, 5.41) is 18.3. The Balaban J connectivity index is 1.38. The Bertz CT molecular complexity index is 408. The lowest BCUT2D eigenvalue weighted by Crippen LogP contribution is -2.53. The van der Waals surface area contributed by atoms with E-state index in [9.17, 15) is 9.90 Å². The Hall–Kier alpha value is -0.690. The van der Waals surface area contributed by atoms with Crippen molar-refractivity contribution in [3.8, 4) is 0 Å². The standard InChI is InChI=1S/C18H31NO5/c20-16(18(21)22)11-13-5-7-14(8-6-13)24-12-19-9-10-23-17-4-2-1-3-15(17)19/h13-17,20H,1-12H2,(H,21,22). The lowest BCUT2D eigenvalue weighted by Gasteiger charge is -2.44. The van der Waals surface area contributed by atoms with Gasteiger partial charge in [-0.15, -0.1) is 0 Å². The zero-order valence-corrected chi connectivity index (χ0v) is 14.4. The number of hydrogen-bond acceptors (Lipinski definition) is 5. The summed E-state index contributed by atoms with van der Waals surface area (Å²) >= 11 is 0. The highest BCUT2D eigenvalue weighted by Gasteiger charge is 2.34. The fourth-order valence-corrected chi connectivity index (χ4v) is 4.49. The van der Waals surface area contributed by atoms with Crippen molar-refractivity contribution < 1.29 is 24.5 Å². The summed E-state index contributed by atoms with van der Waals surface area (Å²) in [6, 6.07) is 0.523. The molecule has 0 radical (unpaired) electrons. The molecule has 2 saturated carbocycles. The Morgan fingerprint density at radius 1 is 1.17 bits per heavy atom. The van der Waals surface area contributed by atoms with Crippen LogP contribution in [0.4, 0.5) is 0 Å². The molecule has 3 aliphatic rings. The topological polar surface area (TPSA) is 79.2 Å². The fraction of sp³-hybridized carbons (Fsp3) is 0.944. The minimum Gasteiger partial charge on any atom is -0.479 e. The van der Waals surface area contributed by atoms with Gasteiger partial charge in [-0.3, -0.25) is 4.90 Å². The number of hydrogen-bond donors (Lipinski definition) is 2. The van der Waals surface area contributed by atoms with Crippen LogP contribution in [0.5, 0.6) is 0 Å². The molecule has 6 heteroatoms. The molecule has 2 aliphatic carbocycles. The van der Waals surface area contributed by atoms with Crippen LogP contribution in [0.3, 0.4) is 0 Å². The zero-order valence-electron chi connectivity index (χ0n) is 14.4. The summed E-state index contributed by atoms with van der Waals surface area (Å²) < 4.78 is 12.1. The molecule has 1 heterocycles. The van der Waals surface area contributed by atoms with Crippen LogP contribution >= 0.6 is 0 Å². The number of carbonyl (C=O) groups is 1. The summed E-state index contributed by atoms with van der Waals surface area (Å²) in [6.07, 6.45) is 8.61. The molecule has 2 N–H and O–H groups in total. The van der Waals surface area contributed by atoms with E-state index in [1.807, 2.05) is 0 Å². The third-order valence-corrected chi connectivity index (χ3v) is 5.96. The lowest BCUT2D eigenvalue weighted by molar-refractivity contribution is -0.148. The van der Waals surface area contributed by atoms with E-state index in [2.05, 4.69) is 4.90 Å². The highest BCUT2D eigenvalue weighted by molar-refractivity contribution is 5.71. The number of carboxylic acid groups (broad SMARTS) is 1. The fourth-order valence-electron chi connectivity index (χ4n) is 4.49. The molecule has 0 aromatic heterocycles. The van der Waals surface area contributed by atoms with Crippen molar-refractivity contribution in [1.29, 1.82) is 0 Å². The number of morpholine rings is 1. The molecule has 1 aliphatic heterocycles. The second-order valence-corrected chi connectivity index (χ2v) is 7.60. The smallest absolute Gasteiger partial charge is 0.332 e. The van der Waals surface area contributed by atoms with E-state index < -0.39 is 12.1 Å². The van der Waals surface area contributed by atoms with Crippen molar-refractivity contribution in [1.82, 2.24) is 4.90 Å². The number of fused-ring (bicyclic) bond motifs is 1. The molecule has 6 nitrogen and oxygen atoms in total. The van der Waals surface area contributed by atoms with Crippen molar-refractivity contribution >= 4 is 5.97 Å². The largest absolute Gasteiger partial charge is 0.479 e. The van der Waals surface area contributed by atoms with Crippen molar-refractivity contribution in [2.45, 2.75) is 82.1 Å². The normalized spacial score (nSPS) is 36.0. The van der Waals surface area contributed by atoms with Gasteiger partial charge < -0.3 is 19.7 Å². The highest BCUT2D eigenvalue weighted by atomic mass is 16.5. The Morgan fingerprint density at radius 2 is 1.92 bits per heavy atom. The number of carboxylic acids is 1. The zero-order chi connectivity index (χ0) is 16.9. The number of rotatable bonds is 6. The molecule has 0 aromatic rings. The summed E-state index contributed by atoms with van der Waals surface area (Å²) in [7, 11) is 0. The molecule has 138 valence electrons. The first-order chi connectivity index (χ1) is 11.6. The molecule has 3 fully saturated rings. The number of aliphatic carboxylic acids is 1. The summed E-state index contributed by atoms with van der Waals surface area (Å²) in [4.78, 5) is 13.2. The van der Waals surface area contributed by atoms with Crippen molar-refractivity contribution in [2.24, 2.45) is 5.92 Å². The van der Waals surface area contributed by atoms with Crippen LogP contribution in [-0.4, -0.2) is 65.3 Å². The van der Waals surface area contributed by atoms with Gasteiger partial charge in [0.1, 0.15) is 0 Å². The van der Waals surface area contributed by atoms with Gasteiger partial charge in [0.2, 0.25) is 0 Å². The van der Waals surface area contributed by atoms with Crippen LogP contribution in [-0.2, 0) is 14.3 Å². The van der Waals surface area contributed by atoms with Gasteiger partial charge in [0.15, 0.2) is 6.10 Å². The maximum absolute atomic E-state index is 10.7. The average Bonchev–Trinajstić information content (AvgIpc) is 2.61. The van der Waals surface area contributed by atoms with Crippen LogP contribution in [0.2, 0.25) is 0 Å². The Morgan fingerprint density at radius 3 is 2.67 bits per heavy atom. The predicted molar refractivity (Wildman–Crippen MR) is 88.7 cm³/mol. The van der Waals surface area contributed by atoms with Crippen molar-refractivity contribution in [3.63, 3.8) is 0 Å². The molecule has 3 unspecified atom stereocenters. The number of aliphatic hydroxyl groups is 1. The first kappa shape index (κ1) is 18.1. The van der Waals surface area contributed by atoms with E-state index >= 15 is 0 Å². The van der Waals surface area contributed by atoms with Crippen LogP contribution in [0.1, 0.15) is 57.8 Å². The SMILES string of the molecule is O=C(O)C(O)CC1CCC(OCN2CCOC3CCCCC32)CC1. The minimum absolute atomic E-state index is 0.271. The average molecular weight is 341 g/mol. The lowest BCUT2D eigenvalue weighted by atomic mass is 9.84. The molecule has 24 heavy (non-hydrogen) atoms. The summed E-state index contributed by atoms with van der Waals surface area (Å²) in [6.45, 7) is 2.46. The van der Waals surface area contributed by atoms with Crippen LogP contribution in [0, 0.1) is 5.92 Å². The van der Waals surface area contributed by atoms with Crippen LogP contribution in [0.15, 0.2) is 0 Å². The maximum Gasteiger partial charge on any atom is 0.332 e. The quantitative estimate of drug-likeness (QED) is 0.769. The Kier molecular flexibility index (Phi) is 6.49. The van der Waals surface area contributed by atoms with E-state index in [4.69, 9.17) is 14.6 Å². The van der Waals surface area contributed by atoms with Gasteiger partial charge in [0.05, 0.1) is 25.5 Å². The molecule has 0 amide bonds. The van der Waals surface area contributed by atoms with Gasteiger partial charge in [-0.1, -0.05) is 12.8 Å². The summed E-state index contributed by atoms with van der Waals surface area (Å²) in [5.41, 5.74) is 0. The second kappa shape index (κ2) is 8.61. The van der Waals surface area contributed by atoms with Gasteiger partial charge in [0, 0.05) is 12.6 Å². The molecular weight excluding hydrogens is 310 g/mol. The highest BCUT2D eigenvalue weighted by Crippen LogP contribution is 2.31.